The number of carboxylic acids is 1. The summed E-state index contributed by atoms with van der Waals surface area (Å²) in [6.07, 6.45) is 0. The van der Waals surface area contributed by atoms with Crippen molar-refractivity contribution in [2.24, 2.45) is 0 Å². The molecule has 0 amide bonds. The first-order valence-electron chi connectivity index (χ1n) is 9.56. The largest absolute Gasteiger partial charge is 0.478 e. The van der Waals surface area contributed by atoms with Gasteiger partial charge in [-0.1, -0.05) is 60.7 Å². The van der Waals surface area contributed by atoms with Crippen molar-refractivity contribution >= 4 is 22.6 Å². The van der Waals surface area contributed by atoms with E-state index in [1.54, 1.807) is 18.2 Å². The lowest BCUT2D eigenvalue weighted by atomic mass is 10.0. The van der Waals surface area contributed by atoms with E-state index in [1.165, 1.54) is 5.56 Å². The fourth-order valence-electron chi connectivity index (χ4n) is 3.54. The van der Waals surface area contributed by atoms with Gasteiger partial charge in [0.05, 0.1) is 28.5 Å². The van der Waals surface area contributed by atoms with Gasteiger partial charge in [-0.2, -0.15) is 0 Å². The molecular weight excluding hydrogens is 360 g/mol. The van der Waals surface area contributed by atoms with E-state index in [0.29, 0.717) is 0 Å². The molecule has 0 saturated heterocycles. The summed E-state index contributed by atoms with van der Waals surface area (Å²) >= 11 is 0. The zero-order valence-corrected chi connectivity index (χ0v) is 16.4. The van der Waals surface area contributed by atoms with E-state index < -0.39 is 5.97 Å². The van der Waals surface area contributed by atoms with Gasteiger partial charge < -0.3 is 10.0 Å². The van der Waals surface area contributed by atoms with Crippen molar-refractivity contribution in [3.05, 3.63) is 96.1 Å². The summed E-state index contributed by atoms with van der Waals surface area (Å²) in [5, 5.41) is 10.2. The number of hydrogen-bond acceptors (Lipinski definition) is 3. The zero-order valence-electron chi connectivity index (χ0n) is 16.4. The van der Waals surface area contributed by atoms with E-state index in [9.17, 15) is 9.90 Å². The Morgan fingerprint density at radius 1 is 0.931 bits per heavy atom. The lowest BCUT2D eigenvalue weighted by molar-refractivity contribution is 0.0697. The van der Waals surface area contributed by atoms with Gasteiger partial charge in [0.1, 0.15) is 0 Å². The molecular formula is C25H22N2O2. The Balaban J connectivity index is 1.90. The molecule has 0 fully saturated rings. The van der Waals surface area contributed by atoms with Crippen molar-refractivity contribution in [3.8, 4) is 11.3 Å². The molecule has 0 aliphatic heterocycles. The number of anilines is 1. The summed E-state index contributed by atoms with van der Waals surface area (Å²) in [6.45, 7) is 2.15. The predicted octanol–water partition coefficient (Wildman–Crippen LogP) is 5.80. The van der Waals surface area contributed by atoms with Crippen molar-refractivity contribution in [2.75, 3.05) is 11.9 Å². The minimum absolute atomic E-state index is 0.126. The number of aromatic carboxylic acids is 1. The Hall–Kier alpha value is -3.66. The average molecular weight is 382 g/mol. The van der Waals surface area contributed by atoms with E-state index in [-0.39, 0.29) is 11.6 Å². The highest BCUT2D eigenvalue weighted by Gasteiger charge is 2.19. The van der Waals surface area contributed by atoms with E-state index in [1.807, 2.05) is 61.6 Å². The molecule has 1 aromatic heterocycles. The predicted molar refractivity (Wildman–Crippen MR) is 117 cm³/mol. The molecule has 4 rings (SSSR count). The van der Waals surface area contributed by atoms with Gasteiger partial charge in [0.25, 0.3) is 0 Å². The van der Waals surface area contributed by atoms with Crippen LogP contribution in [0.3, 0.4) is 0 Å². The van der Waals surface area contributed by atoms with Crippen LogP contribution in [-0.2, 0) is 0 Å². The van der Waals surface area contributed by atoms with Crippen LogP contribution < -0.4 is 4.90 Å². The Kier molecular flexibility index (Phi) is 5.00. The molecule has 0 bridgehead atoms. The molecule has 0 saturated carbocycles. The summed E-state index contributed by atoms with van der Waals surface area (Å²) in [5.74, 6) is -0.938. The van der Waals surface area contributed by atoms with Crippen LogP contribution in [0.2, 0.25) is 0 Å². The fraction of sp³-hybridized carbons (Fsp3) is 0.120. The molecule has 0 aliphatic carbocycles. The van der Waals surface area contributed by atoms with Crippen LogP contribution in [0.5, 0.6) is 0 Å². The van der Waals surface area contributed by atoms with Gasteiger partial charge >= 0.3 is 5.97 Å². The first-order chi connectivity index (χ1) is 14.0. The smallest absolute Gasteiger partial charge is 0.335 e. The molecule has 144 valence electrons. The first kappa shape index (κ1) is 18.7. The maximum atomic E-state index is 11.4. The maximum absolute atomic E-state index is 11.4. The fourth-order valence-corrected chi connectivity index (χ4v) is 3.54. The molecule has 0 radical (unpaired) electrons. The number of hydrogen-bond donors (Lipinski definition) is 1. The molecule has 3 aromatic carbocycles. The van der Waals surface area contributed by atoms with Gasteiger partial charge in [0.15, 0.2) is 0 Å². The summed E-state index contributed by atoms with van der Waals surface area (Å²) < 4.78 is 0. The first-order valence-corrected chi connectivity index (χ1v) is 9.56. The van der Waals surface area contributed by atoms with Crippen LogP contribution in [-0.4, -0.2) is 23.1 Å². The van der Waals surface area contributed by atoms with Crippen molar-refractivity contribution < 1.29 is 9.90 Å². The quantitative estimate of drug-likeness (QED) is 0.474. The lowest BCUT2D eigenvalue weighted by Gasteiger charge is -2.29. The van der Waals surface area contributed by atoms with Crippen molar-refractivity contribution in [1.82, 2.24) is 4.98 Å². The topological polar surface area (TPSA) is 53.4 Å². The highest BCUT2D eigenvalue weighted by molar-refractivity contribution is 5.96. The minimum Gasteiger partial charge on any atom is -0.478 e. The Morgan fingerprint density at radius 2 is 1.59 bits per heavy atom. The number of carbonyl (C=O) groups is 1. The molecule has 0 aliphatic rings. The van der Waals surface area contributed by atoms with Gasteiger partial charge in [0, 0.05) is 18.0 Å². The lowest BCUT2D eigenvalue weighted by Crippen LogP contribution is -2.22. The van der Waals surface area contributed by atoms with Crippen molar-refractivity contribution in [1.29, 1.82) is 0 Å². The molecule has 1 N–H and O–H groups in total. The number of fused-ring (bicyclic) bond motifs is 1. The molecule has 4 nitrogen and oxygen atoms in total. The van der Waals surface area contributed by atoms with E-state index in [0.717, 1.165) is 27.8 Å². The highest BCUT2D eigenvalue weighted by atomic mass is 16.4. The second-order valence-corrected chi connectivity index (χ2v) is 7.13. The van der Waals surface area contributed by atoms with Gasteiger partial charge in [0.2, 0.25) is 0 Å². The summed E-state index contributed by atoms with van der Waals surface area (Å²) in [7, 11) is 2.05. The molecule has 1 heterocycles. The maximum Gasteiger partial charge on any atom is 0.335 e. The Bertz CT molecular complexity index is 1160. The number of nitrogens with zero attached hydrogens (tertiary/aromatic N) is 2. The van der Waals surface area contributed by atoms with Crippen molar-refractivity contribution in [3.63, 3.8) is 0 Å². The molecule has 1 atom stereocenters. The van der Waals surface area contributed by atoms with Gasteiger partial charge in [-0.15, -0.1) is 0 Å². The minimum atomic E-state index is -0.938. The van der Waals surface area contributed by atoms with Crippen LogP contribution in [0.4, 0.5) is 5.69 Å². The second kappa shape index (κ2) is 7.76. The molecule has 0 spiro atoms. The van der Waals surface area contributed by atoms with E-state index in [4.69, 9.17) is 4.98 Å². The number of carboxylic acid groups (broad SMARTS) is 1. The summed E-state index contributed by atoms with van der Waals surface area (Å²) in [5.41, 5.74) is 5.11. The Labute approximate surface area is 170 Å². The van der Waals surface area contributed by atoms with Gasteiger partial charge in [-0.3, -0.25) is 0 Å². The third-order valence-electron chi connectivity index (χ3n) is 5.33. The Morgan fingerprint density at radius 3 is 2.24 bits per heavy atom. The summed E-state index contributed by atoms with van der Waals surface area (Å²) in [4.78, 5) is 18.5. The zero-order chi connectivity index (χ0) is 20.4. The van der Waals surface area contributed by atoms with E-state index >= 15 is 0 Å². The standard InChI is InChI=1S/C25H22N2O2/c1-17(18-9-5-3-6-10-18)27(2)23-16-21-15-20(25(28)29)13-14-22(21)26-24(23)19-11-7-4-8-12-19/h3-17H,1-2H3,(H,28,29)/t17-/m1/s1. The van der Waals surface area contributed by atoms with E-state index in [2.05, 4.69) is 24.0 Å². The van der Waals surface area contributed by atoms with Gasteiger partial charge in [-0.05, 0) is 36.8 Å². The monoisotopic (exact) mass is 382 g/mol. The van der Waals surface area contributed by atoms with Crippen LogP contribution in [0.15, 0.2) is 84.9 Å². The van der Waals surface area contributed by atoms with Gasteiger partial charge in [-0.25, -0.2) is 9.78 Å². The SMILES string of the molecule is C[C@H](c1ccccc1)N(C)c1cc2cc(C(=O)O)ccc2nc1-c1ccccc1. The summed E-state index contributed by atoms with van der Waals surface area (Å²) in [6, 6.07) is 27.6. The highest BCUT2D eigenvalue weighted by Crippen LogP contribution is 2.36. The van der Waals surface area contributed by atoms with Crippen LogP contribution in [0.25, 0.3) is 22.2 Å². The molecule has 0 unspecified atom stereocenters. The van der Waals surface area contributed by atoms with Crippen LogP contribution in [0, 0.1) is 0 Å². The number of pyridine rings is 1. The molecule has 29 heavy (non-hydrogen) atoms. The second-order valence-electron chi connectivity index (χ2n) is 7.13. The normalized spacial score (nSPS) is 11.9. The van der Waals surface area contributed by atoms with Crippen molar-refractivity contribution in [2.45, 2.75) is 13.0 Å². The van der Waals surface area contributed by atoms with Crippen LogP contribution >= 0.6 is 0 Å². The van der Waals surface area contributed by atoms with Crippen LogP contribution in [0.1, 0.15) is 28.9 Å². The molecule has 4 aromatic rings. The molecule has 4 heteroatoms. The number of aromatic nitrogens is 1. The number of benzene rings is 3. The number of rotatable bonds is 5. The third-order valence-corrected chi connectivity index (χ3v) is 5.33. The average Bonchev–Trinajstić information content (AvgIpc) is 2.78. The third kappa shape index (κ3) is 3.69.